The van der Waals surface area contributed by atoms with Gasteiger partial charge in [0.15, 0.2) is 11.2 Å². The van der Waals surface area contributed by atoms with Crippen LogP contribution in [0.3, 0.4) is 0 Å². The fraction of sp³-hybridized carbons (Fsp3) is 0.0500. The third kappa shape index (κ3) is 8.92. The molecule has 0 unspecified atom stereocenters. The van der Waals surface area contributed by atoms with E-state index < -0.39 is 33.5 Å². The first-order valence-electron chi connectivity index (χ1n) is 15.7. The molecule has 8 rings (SSSR count). The molecular weight excluding hydrogens is 750 g/mol. The fourth-order valence-electron chi connectivity index (χ4n) is 6.41. The van der Waals surface area contributed by atoms with E-state index in [4.69, 9.17) is 27.0 Å². The Balaban J connectivity index is 0.000000211. The molecule has 0 amide bonds. The first-order valence-corrected chi connectivity index (χ1v) is 17.1. The van der Waals surface area contributed by atoms with Crippen LogP contribution in [0, 0.1) is 0 Å². The number of phenols is 4. The second-order valence-corrected chi connectivity index (χ2v) is 12.6. The summed E-state index contributed by atoms with van der Waals surface area (Å²) in [5.74, 6) is -0.248. The van der Waals surface area contributed by atoms with Crippen molar-refractivity contribution in [2.75, 3.05) is 0 Å². The Hall–Kier alpha value is -4.67. The van der Waals surface area contributed by atoms with Crippen LogP contribution in [0.2, 0.25) is 0 Å². The van der Waals surface area contributed by atoms with Crippen LogP contribution in [0.15, 0.2) is 146 Å². The summed E-state index contributed by atoms with van der Waals surface area (Å²) < 4.78 is 45.8. The summed E-state index contributed by atoms with van der Waals surface area (Å²) in [6, 6.07) is 40.9. The van der Waals surface area contributed by atoms with Gasteiger partial charge < -0.3 is 39.0 Å². The number of ether oxygens (including phenoxy) is 2. The number of phenolic OH excluding ortho intramolecular Hbond substituents is 4. The number of carbonyl (C=O) groups is 2. The minimum Gasteiger partial charge on any atom is -0.759 e. The molecule has 0 aromatic heterocycles. The molecule has 6 aromatic carbocycles. The minimum atomic E-state index is -5.17. The molecule has 0 fully saturated rings. The molecule has 2 aliphatic rings. The molecule has 0 atom stereocenters. The summed E-state index contributed by atoms with van der Waals surface area (Å²) in [7, 11) is -5.17. The number of rotatable bonds is 4. The van der Waals surface area contributed by atoms with Gasteiger partial charge in [-0.2, -0.15) is 0 Å². The minimum absolute atomic E-state index is 0. The van der Waals surface area contributed by atoms with E-state index in [9.17, 15) is 30.0 Å². The third-order valence-corrected chi connectivity index (χ3v) is 8.64. The molecule has 0 saturated heterocycles. The smallest absolute Gasteiger partial charge is 0.759 e. The number of hydrogen-bond acceptors (Lipinski definition) is 12. The number of benzene rings is 6. The van der Waals surface area contributed by atoms with Crippen LogP contribution in [0.1, 0.15) is 54.1 Å². The van der Waals surface area contributed by atoms with Gasteiger partial charge in [-0.15, -0.1) is 0 Å². The molecule has 2 heterocycles. The van der Waals surface area contributed by atoms with Crippen LogP contribution < -0.4 is 59.1 Å². The maximum Gasteiger partial charge on any atom is 1.00 e. The summed E-state index contributed by atoms with van der Waals surface area (Å²) in [6.07, 6.45) is 0. The van der Waals surface area contributed by atoms with Crippen molar-refractivity contribution in [1.82, 2.24) is 0 Å². The van der Waals surface area contributed by atoms with Crippen LogP contribution in [-0.4, -0.2) is 49.9 Å². The van der Waals surface area contributed by atoms with Crippen molar-refractivity contribution in [3.05, 3.63) is 190 Å². The van der Waals surface area contributed by atoms with Crippen molar-refractivity contribution in [2.24, 2.45) is 0 Å². The Morgan fingerprint density at radius 1 is 0.418 bits per heavy atom. The van der Waals surface area contributed by atoms with Crippen molar-refractivity contribution >= 4 is 22.3 Å². The van der Waals surface area contributed by atoms with Crippen LogP contribution in [0.25, 0.3) is 0 Å². The number of fused-ring (bicyclic) bond motifs is 2. The molecular formula is C40H28Na2O12S. The summed E-state index contributed by atoms with van der Waals surface area (Å²) in [6.45, 7) is 0. The number of esters is 2. The van der Waals surface area contributed by atoms with Gasteiger partial charge in [-0.25, -0.2) is 9.59 Å². The van der Waals surface area contributed by atoms with Crippen LogP contribution in [0.4, 0.5) is 0 Å². The van der Waals surface area contributed by atoms with Crippen molar-refractivity contribution in [3.8, 4) is 23.0 Å². The maximum atomic E-state index is 12.4. The maximum absolute atomic E-state index is 12.4. The van der Waals surface area contributed by atoms with E-state index in [-0.39, 0.29) is 82.1 Å². The molecule has 15 heteroatoms. The molecule has 4 N–H and O–H groups in total. The van der Waals surface area contributed by atoms with E-state index in [0.29, 0.717) is 11.1 Å². The monoisotopic (exact) mass is 778 g/mol. The van der Waals surface area contributed by atoms with Gasteiger partial charge in [0, 0.05) is 43.8 Å². The van der Waals surface area contributed by atoms with Crippen LogP contribution in [0.5, 0.6) is 23.0 Å². The van der Waals surface area contributed by atoms with Gasteiger partial charge >= 0.3 is 71.1 Å². The quantitative estimate of drug-likeness (QED) is 0.0793. The van der Waals surface area contributed by atoms with Gasteiger partial charge in [0.2, 0.25) is 0 Å². The van der Waals surface area contributed by atoms with Crippen molar-refractivity contribution in [3.63, 3.8) is 0 Å². The van der Waals surface area contributed by atoms with Crippen LogP contribution >= 0.6 is 0 Å². The zero-order valence-electron chi connectivity index (χ0n) is 29.3. The SMILES string of the molecule is O=C1OC(c2ccc(O)cc2)(c2ccc(O)cc2)c2ccccc21.O=C1OC(c2ccc(O)cc2)(c2ccc(O)cc2)c2ccccc21.O=S(=O)([O-])[O-].[Na+].[Na+]. The molecule has 0 radical (unpaired) electrons. The Labute approximate surface area is 359 Å². The molecule has 0 aliphatic carbocycles. The summed E-state index contributed by atoms with van der Waals surface area (Å²) in [5, 5.41) is 38.4. The number of carbonyl (C=O) groups excluding carboxylic acids is 2. The van der Waals surface area contributed by atoms with Gasteiger partial charge in [-0.1, -0.05) is 84.9 Å². The van der Waals surface area contributed by atoms with E-state index in [1.54, 1.807) is 121 Å². The summed E-state index contributed by atoms with van der Waals surface area (Å²) in [5.41, 5.74) is 3.21. The van der Waals surface area contributed by atoms with Gasteiger partial charge in [0.1, 0.15) is 23.0 Å². The van der Waals surface area contributed by atoms with E-state index in [1.807, 2.05) is 24.3 Å². The van der Waals surface area contributed by atoms with Gasteiger partial charge in [0.25, 0.3) is 0 Å². The Morgan fingerprint density at radius 3 is 0.873 bits per heavy atom. The Kier molecular flexibility index (Phi) is 13.6. The zero-order chi connectivity index (χ0) is 38.0. The predicted octanol–water partition coefficient (Wildman–Crippen LogP) is -0.210. The van der Waals surface area contributed by atoms with Crippen molar-refractivity contribution < 1.29 is 116 Å². The largest absolute Gasteiger partial charge is 1.00 e. The topological polar surface area (TPSA) is 214 Å². The molecule has 2 aliphatic heterocycles. The summed E-state index contributed by atoms with van der Waals surface area (Å²) in [4.78, 5) is 24.9. The Bertz CT molecular complexity index is 2150. The molecule has 12 nitrogen and oxygen atoms in total. The average Bonchev–Trinajstić information content (AvgIpc) is 3.61. The van der Waals surface area contributed by atoms with E-state index in [2.05, 4.69) is 0 Å². The van der Waals surface area contributed by atoms with Gasteiger partial charge in [0.05, 0.1) is 11.1 Å². The van der Waals surface area contributed by atoms with Crippen molar-refractivity contribution in [1.29, 1.82) is 0 Å². The second kappa shape index (κ2) is 17.4. The van der Waals surface area contributed by atoms with E-state index in [0.717, 1.165) is 33.4 Å². The molecule has 0 bridgehead atoms. The van der Waals surface area contributed by atoms with Crippen LogP contribution in [-0.2, 0) is 31.1 Å². The first kappa shape index (κ1) is 43.1. The first-order chi connectivity index (χ1) is 25.2. The zero-order valence-corrected chi connectivity index (χ0v) is 34.1. The summed E-state index contributed by atoms with van der Waals surface area (Å²) >= 11 is 0. The fourth-order valence-corrected chi connectivity index (χ4v) is 6.41. The predicted molar refractivity (Wildman–Crippen MR) is 186 cm³/mol. The molecule has 55 heavy (non-hydrogen) atoms. The standard InChI is InChI=1S/2C20H14O4.2Na.H2O4S/c2*21-15-9-5-13(6-10-15)20(14-7-11-16(22)12-8-14)18-4-2-1-3-17(18)19(23)24-20;;;1-5(2,3)4/h2*1-12,21-22H;;;(H2,1,2,3,4)/q;;2*+1;/p-2. The number of cyclic esters (lactones) is 2. The molecule has 6 aromatic rings. The van der Waals surface area contributed by atoms with Gasteiger partial charge in [-0.3, -0.25) is 8.42 Å². The van der Waals surface area contributed by atoms with E-state index >= 15 is 0 Å². The van der Waals surface area contributed by atoms with Crippen molar-refractivity contribution in [2.45, 2.75) is 11.2 Å². The van der Waals surface area contributed by atoms with E-state index in [1.165, 1.54) is 0 Å². The normalized spacial score (nSPS) is 14.1. The number of aromatic hydroxyl groups is 4. The second-order valence-electron chi connectivity index (χ2n) is 11.8. The number of hydrogen-bond donors (Lipinski definition) is 4. The van der Waals surface area contributed by atoms with Gasteiger partial charge in [-0.05, 0) is 60.7 Å². The molecule has 0 saturated carbocycles. The average molecular weight is 779 g/mol. The third-order valence-electron chi connectivity index (χ3n) is 8.64. The molecule has 268 valence electrons. The Morgan fingerprint density at radius 2 is 0.636 bits per heavy atom. The molecule has 0 spiro atoms.